The summed E-state index contributed by atoms with van der Waals surface area (Å²) in [5.41, 5.74) is 5.46. The maximum absolute atomic E-state index is 12.4. The van der Waals surface area contributed by atoms with E-state index >= 15 is 0 Å². The third-order valence-electron chi connectivity index (χ3n) is 4.94. The van der Waals surface area contributed by atoms with Gasteiger partial charge in [-0.25, -0.2) is 5.43 Å². The van der Waals surface area contributed by atoms with Gasteiger partial charge in [-0.15, -0.1) is 0 Å². The number of nitrogens with zero attached hydrogens (tertiary/aromatic N) is 1. The molecule has 0 heterocycles. The third kappa shape index (κ3) is 9.38. The molecule has 10 nitrogen and oxygen atoms in total. The lowest BCUT2D eigenvalue weighted by molar-refractivity contribution is -0.139. The number of aryl methyl sites for hydroxylation is 2. The molecule has 0 aliphatic carbocycles. The average molecular weight is 499 g/mol. The Kier molecular flexibility index (Phi) is 11.4. The number of methoxy groups -OCH3 is 1. The number of benzene rings is 2. The molecule has 10 heteroatoms. The average Bonchev–Trinajstić information content (AvgIpc) is 2.84. The van der Waals surface area contributed by atoms with Gasteiger partial charge < -0.3 is 24.8 Å². The number of rotatable bonds is 12. The quantitative estimate of drug-likeness (QED) is 0.179. The van der Waals surface area contributed by atoms with Crippen LogP contribution in [0.25, 0.3) is 0 Å². The maximum atomic E-state index is 12.4. The van der Waals surface area contributed by atoms with Crippen LogP contribution >= 0.6 is 0 Å². The summed E-state index contributed by atoms with van der Waals surface area (Å²) in [6.45, 7) is 8.31. The Bertz CT molecular complexity index is 1060. The summed E-state index contributed by atoms with van der Waals surface area (Å²) in [6, 6.07) is 10.7. The molecule has 0 aromatic heterocycles. The number of hydrazone groups is 1. The van der Waals surface area contributed by atoms with Crippen LogP contribution in [0.1, 0.15) is 37.0 Å². The smallest absolute Gasteiger partial charge is 0.329 e. The van der Waals surface area contributed by atoms with Crippen molar-refractivity contribution >= 4 is 29.6 Å². The van der Waals surface area contributed by atoms with E-state index in [0.717, 1.165) is 16.8 Å². The van der Waals surface area contributed by atoms with Gasteiger partial charge in [0.1, 0.15) is 0 Å². The van der Waals surface area contributed by atoms with Crippen LogP contribution in [0, 0.1) is 13.8 Å². The van der Waals surface area contributed by atoms with Gasteiger partial charge in [0.25, 0.3) is 5.91 Å². The van der Waals surface area contributed by atoms with Crippen molar-refractivity contribution in [3.8, 4) is 11.5 Å². The SMILES string of the molecule is COc1cc(/C=N\NC(=O)C(=O)NCCCOC(C)C)ccc1OCC(=O)Nc1c(C)cccc1C. The normalized spacial score (nSPS) is 10.8. The van der Waals surface area contributed by atoms with Crippen LogP contribution < -0.4 is 25.5 Å². The molecule has 0 saturated carbocycles. The highest BCUT2D eigenvalue weighted by Gasteiger charge is 2.13. The zero-order chi connectivity index (χ0) is 26.5. The fourth-order valence-corrected chi connectivity index (χ4v) is 3.10. The number of carbonyl (C=O) groups is 3. The number of anilines is 1. The van der Waals surface area contributed by atoms with Gasteiger partial charge in [-0.3, -0.25) is 14.4 Å². The van der Waals surface area contributed by atoms with Gasteiger partial charge in [-0.1, -0.05) is 18.2 Å². The lowest BCUT2D eigenvalue weighted by Gasteiger charge is -2.13. The van der Waals surface area contributed by atoms with Crippen molar-refractivity contribution in [2.75, 3.05) is 32.2 Å². The van der Waals surface area contributed by atoms with Gasteiger partial charge in [0, 0.05) is 18.8 Å². The van der Waals surface area contributed by atoms with E-state index in [-0.39, 0.29) is 18.6 Å². The molecule has 36 heavy (non-hydrogen) atoms. The Morgan fingerprint density at radius 3 is 2.42 bits per heavy atom. The van der Waals surface area contributed by atoms with Gasteiger partial charge >= 0.3 is 11.8 Å². The van der Waals surface area contributed by atoms with Crippen molar-refractivity contribution in [3.63, 3.8) is 0 Å². The first-order chi connectivity index (χ1) is 17.2. The summed E-state index contributed by atoms with van der Waals surface area (Å²) in [4.78, 5) is 36.0. The molecule has 0 fully saturated rings. The van der Waals surface area contributed by atoms with Gasteiger partial charge in [0.2, 0.25) is 0 Å². The second kappa shape index (κ2) is 14.5. The Balaban J connectivity index is 1.84. The van der Waals surface area contributed by atoms with Crippen LogP contribution in [0.3, 0.4) is 0 Å². The molecule has 0 saturated heterocycles. The van der Waals surface area contributed by atoms with E-state index in [1.165, 1.54) is 13.3 Å². The Morgan fingerprint density at radius 2 is 1.75 bits per heavy atom. The summed E-state index contributed by atoms with van der Waals surface area (Å²) < 4.78 is 16.3. The predicted molar refractivity (Wildman–Crippen MR) is 137 cm³/mol. The number of ether oxygens (including phenoxy) is 3. The lowest BCUT2D eigenvalue weighted by atomic mass is 10.1. The number of nitrogens with one attached hydrogen (secondary N) is 3. The van der Waals surface area contributed by atoms with Crippen LogP contribution in [0.5, 0.6) is 11.5 Å². The standard InChI is InChI=1S/C26H34N4O6/c1-17(2)35-13-7-12-27-25(32)26(33)30-28-15-20-10-11-21(22(14-20)34-5)36-16-23(31)29-24-18(3)8-6-9-19(24)4/h6,8-11,14-15,17H,7,12-13,16H2,1-5H3,(H,27,32)(H,29,31)(H,30,33)/b28-15-. The Hall–Kier alpha value is -3.92. The zero-order valence-corrected chi connectivity index (χ0v) is 21.3. The van der Waals surface area contributed by atoms with Crippen LogP contribution in [0.4, 0.5) is 5.69 Å². The van der Waals surface area contributed by atoms with Gasteiger partial charge in [-0.05, 0) is 69.0 Å². The number of carbonyl (C=O) groups excluding carboxylic acids is 3. The zero-order valence-electron chi connectivity index (χ0n) is 21.3. The van der Waals surface area contributed by atoms with Crippen molar-refractivity contribution in [1.29, 1.82) is 0 Å². The third-order valence-corrected chi connectivity index (χ3v) is 4.94. The van der Waals surface area contributed by atoms with E-state index in [4.69, 9.17) is 14.2 Å². The van der Waals surface area contributed by atoms with E-state index < -0.39 is 11.8 Å². The molecule has 3 N–H and O–H groups in total. The first kappa shape index (κ1) is 28.3. The largest absolute Gasteiger partial charge is 0.493 e. The minimum absolute atomic E-state index is 0.116. The molecule has 0 aliphatic rings. The van der Waals surface area contributed by atoms with Crippen molar-refractivity contribution in [3.05, 3.63) is 53.1 Å². The minimum Gasteiger partial charge on any atom is -0.493 e. The molecule has 0 spiro atoms. The van der Waals surface area contributed by atoms with Gasteiger partial charge in [0.15, 0.2) is 18.1 Å². The summed E-state index contributed by atoms with van der Waals surface area (Å²) in [5, 5.41) is 9.17. The maximum Gasteiger partial charge on any atom is 0.329 e. The molecular formula is C26H34N4O6. The van der Waals surface area contributed by atoms with Crippen LogP contribution in [0.15, 0.2) is 41.5 Å². The Morgan fingerprint density at radius 1 is 1.03 bits per heavy atom. The van der Waals surface area contributed by atoms with E-state index in [1.54, 1.807) is 18.2 Å². The number of para-hydroxylation sites is 1. The first-order valence-corrected chi connectivity index (χ1v) is 11.6. The molecule has 0 aliphatic heterocycles. The van der Waals surface area contributed by atoms with Crippen molar-refractivity contribution in [2.24, 2.45) is 5.10 Å². The highest BCUT2D eigenvalue weighted by Crippen LogP contribution is 2.27. The topological polar surface area (TPSA) is 127 Å². The second-order valence-electron chi connectivity index (χ2n) is 8.24. The number of amides is 3. The van der Waals surface area contributed by atoms with Gasteiger partial charge in [0.05, 0.1) is 19.4 Å². The Labute approximate surface area is 211 Å². The highest BCUT2D eigenvalue weighted by atomic mass is 16.5. The summed E-state index contributed by atoms with van der Waals surface area (Å²) in [6.07, 6.45) is 2.08. The summed E-state index contributed by atoms with van der Waals surface area (Å²) in [7, 11) is 1.47. The van der Waals surface area contributed by atoms with E-state index in [0.29, 0.717) is 36.6 Å². The molecule has 2 aromatic rings. The monoisotopic (exact) mass is 498 g/mol. The minimum atomic E-state index is -0.877. The fraction of sp³-hybridized carbons (Fsp3) is 0.385. The number of hydrogen-bond donors (Lipinski definition) is 3. The van der Waals surface area contributed by atoms with E-state index in [9.17, 15) is 14.4 Å². The van der Waals surface area contributed by atoms with Crippen LogP contribution in [-0.2, 0) is 19.1 Å². The van der Waals surface area contributed by atoms with E-state index in [1.807, 2.05) is 45.9 Å². The van der Waals surface area contributed by atoms with Crippen molar-refractivity contribution in [1.82, 2.24) is 10.7 Å². The van der Waals surface area contributed by atoms with Crippen molar-refractivity contribution < 1.29 is 28.6 Å². The molecule has 2 rings (SSSR count). The summed E-state index contributed by atoms with van der Waals surface area (Å²) in [5.74, 6) is -1.20. The predicted octanol–water partition coefficient (Wildman–Crippen LogP) is 2.71. The molecule has 0 radical (unpaired) electrons. The lowest BCUT2D eigenvalue weighted by Crippen LogP contribution is -2.38. The highest BCUT2D eigenvalue weighted by molar-refractivity contribution is 6.35. The first-order valence-electron chi connectivity index (χ1n) is 11.6. The fourth-order valence-electron chi connectivity index (χ4n) is 3.10. The molecule has 2 aromatic carbocycles. The molecule has 0 atom stereocenters. The summed E-state index contributed by atoms with van der Waals surface area (Å²) >= 11 is 0. The molecule has 3 amide bonds. The van der Waals surface area contributed by atoms with Crippen molar-refractivity contribution in [2.45, 2.75) is 40.2 Å². The number of hydrogen-bond acceptors (Lipinski definition) is 7. The van der Waals surface area contributed by atoms with Gasteiger partial charge in [-0.2, -0.15) is 5.10 Å². The van der Waals surface area contributed by atoms with Crippen LogP contribution in [0.2, 0.25) is 0 Å². The van der Waals surface area contributed by atoms with Crippen LogP contribution in [-0.4, -0.2) is 56.9 Å². The molecular weight excluding hydrogens is 464 g/mol. The molecule has 0 bridgehead atoms. The van der Waals surface area contributed by atoms with E-state index in [2.05, 4.69) is 21.2 Å². The molecule has 0 unspecified atom stereocenters. The molecule has 194 valence electrons. The second-order valence-corrected chi connectivity index (χ2v) is 8.24.